The quantitative estimate of drug-likeness (QED) is 0.927. The maximum absolute atomic E-state index is 13.7. The molecule has 7 heteroatoms. The van der Waals surface area contributed by atoms with Gasteiger partial charge in [0, 0.05) is 12.1 Å². The molecule has 6 nitrogen and oxygen atoms in total. The number of amides is 2. The summed E-state index contributed by atoms with van der Waals surface area (Å²) in [6.45, 7) is 0. The molecule has 2 amide bonds. The van der Waals surface area contributed by atoms with Crippen LogP contribution in [-0.2, 0) is 0 Å². The molecule has 2 aromatic rings. The third kappa shape index (κ3) is 2.56. The van der Waals surface area contributed by atoms with E-state index < -0.39 is 5.82 Å². The molecule has 1 aromatic carbocycles. The Morgan fingerprint density at radius 1 is 1.09 bits per heavy atom. The van der Waals surface area contributed by atoms with Gasteiger partial charge in [0.05, 0.1) is 24.1 Å². The van der Waals surface area contributed by atoms with Crippen LogP contribution in [0.3, 0.4) is 0 Å². The highest BCUT2D eigenvalue weighted by Gasteiger charge is 2.44. The lowest BCUT2D eigenvalue weighted by Crippen LogP contribution is -2.49. The number of benzene rings is 1. The van der Waals surface area contributed by atoms with Crippen molar-refractivity contribution in [1.82, 2.24) is 19.9 Å². The van der Waals surface area contributed by atoms with E-state index in [1.165, 1.54) is 6.07 Å². The van der Waals surface area contributed by atoms with E-state index in [1.54, 1.807) is 35.4 Å². The first kappa shape index (κ1) is 14.2. The second kappa shape index (κ2) is 5.64. The second-order valence-electron chi connectivity index (χ2n) is 6.18. The minimum atomic E-state index is -0.413. The van der Waals surface area contributed by atoms with Gasteiger partial charge in [-0.05, 0) is 37.8 Å². The average molecular weight is 315 g/mol. The molecule has 2 fully saturated rings. The van der Waals surface area contributed by atoms with Gasteiger partial charge in [-0.25, -0.2) is 9.18 Å². The summed E-state index contributed by atoms with van der Waals surface area (Å²) in [5.74, 6) is -0.413. The normalized spacial score (nSPS) is 26.3. The fourth-order valence-electron chi connectivity index (χ4n) is 3.83. The van der Waals surface area contributed by atoms with Crippen LogP contribution in [0.4, 0.5) is 14.9 Å². The van der Waals surface area contributed by atoms with Crippen molar-refractivity contribution in [3.05, 3.63) is 42.5 Å². The Balaban J connectivity index is 1.48. The van der Waals surface area contributed by atoms with E-state index in [9.17, 15) is 9.18 Å². The summed E-state index contributed by atoms with van der Waals surface area (Å²) in [6, 6.07) is 6.60. The van der Waals surface area contributed by atoms with Crippen LogP contribution in [0.15, 0.2) is 36.7 Å². The van der Waals surface area contributed by atoms with E-state index in [-0.39, 0.29) is 29.8 Å². The number of carbonyl (C=O) groups excluding carboxylic acids is 1. The van der Waals surface area contributed by atoms with Gasteiger partial charge >= 0.3 is 6.03 Å². The lowest BCUT2D eigenvalue weighted by atomic mass is 9.98. The molecule has 4 rings (SSSR count). The Morgan fingerprint density at radius 2 is 1.74 bits per heavy atom. The maximum Gasteiger partial charge on any atom is 0.322 e. The van der Waals surface area contributed by atoms with Crippen molar-refractivity contribution in [1.29, 1.82) is 0 Å². The molecule has 2 atom stereocenters. The number of hydrogen-bond acceptors (Lipinski definition) is 3. The fourth-order valence-corrected chi connectivity index (χ4v) is 3.83. The molecule has 2 aliphatic heterocycles. The Bertz CT molecular complexity index is 690. The SMILES string of the molecule is O=C(Nc1ccccc1F)N1C2CCC1CC(n1nccn1)C2. The first-order valence-corrected chi connectivity index (χ1v) is 7.92. The van der Waals surface area contributed by atoms with Gasteiger partial charge < -0.3 is 10.2 Å². The van der Waals surface area contributed by atoms with Crippen LogP contribution < -0.4 is 5.32 Å². The first-order chi connectivity index (χ1) is 11.2. The van der Waals surface area contributed by atoms with Crippen molar-refractivity contribution in [2.24, 2.45) is 0 Å². The summed E-state index contributed by atoms with van der Waals surface area (Å²) in [6.07, 6.45) is 7.00. The molecule has 0 radical (unpaired) electrons. The summed E-state index contributed by atoms with van der Waals surface area (Å²) in [7, 11) is 0. The highest BCUT2D eigenvalue weighted by molar-refractivity contribution is 5.90. The van der Waals surface area contributed by atoms with Crippen LogP contribution in [0.5, 0.6) is 0 Å². The van der Waals surface area contributed by atoms with E-state index in [1.807, 2.05) is 4.90 Å². The topological polar surface area (TPSA) is 63.1 Å². The molecule has 2 saturated heterocycles. The van der Waals surface area contributed by atoms with Crippen LogP contribution >= 0.6 is 0 Å². The Kier molecular flexibility index (Phi) is 3.48. The Morgan fingerprint density at radius 3 is 2.39 bits per heavy atom. The van der Waals surface area contributed by atoms with Crippen molar-refractivity contribution in [2.75, 3.05) is 5.32 Å². The molecule has 0 saturated carbocycles. The number of carbonyl (C=O) groups is 1. The number of anilines is 1. The zero-order valence-corrected chi connectivity index (χ0v) is 12.6. The summed E-state index contributed by atoms with van der Waals surface area (Å²) >= 11 is 0. The highest BCUT2D eigenvalue weighted by atomic mass is 19.1. The average Bonchev–Trinajstić information content (AvgIpc) is 3.16. The predicted molar refractivity (Wildman–Crippen MR) is 82.4 cm³/mol. The molecular weight excluding hydrogens is 297 g/mol. The Hall–Kier alpha value is -2.44. The monoisotopic (exact) mass is 315 g/mol. The maximum atomic E-state index is 13.7. The number of piperidine rings is 1. The molecule has 1 N–H and O–H groups in total. The number of hydrogen-bond donors (Lipinski definition) is 1. The van der Waals surface area contributed by atoms with E-state index in [0.717, 1.165) is 25.7 Å². The highest BCUT2D eigenvalue weighted by Crippen LogP contribution is 2.40. The largest absolute Gasteiger partial charge is 0.322 e. The third-order valence-corrected chi connectivity index (χ3v) is 4.82. The molecule has 23 heavy (non-hydrogen) atoms. The lowest BCUT2D eigenvalue weighted by Gasteiger charge is -2.38. The van der Waals surface area contributed by atoms with Gasteiger partial charge in [-0.2, -0.15) is 15.0 Å². The van der Waals surface area contributed by atoms with Crippen molar-refractivity contribution in [3.8, 4) is 0 Å². The number of urea groups is 1. The zero-order valence-electron chi connectivity index (χ0n) is 12.6. The molecule has 2 aliphatic rings. The number of rotatable bonds is 2. The van der Waals surface area contributed by atoms with Gasteiger partial charge in [-0.3, -0.25) is 0 Å². The van der Waals surface area contributed by atoms with Crippen LogP contribution in [0.2, 0.25) is 0 Å². The minimum absolute atomic E-state index is 0.163. The summed E-state index contributed by atoms with van der Waals surface area (Å²) in [5, 5.41) is 11.1. The number of para-hydroxylation sites is 1. The molecule has 2 unspecified atom stereocenters. The first-order valence-electron chi connectivity index (χ1n) is 7.92. The molecule has 2 bridgehead atoms. The van der Waals surface area contributed by atoms with Crippen molar-refractivity contribution >= 4 is 11.7 Å². The minimum Gasteiger partial charge on any atom is -0.318 e. The standard InChI is InChI=1S/C16H18FN5O/c17-14-3-1-2-4-15(14)20-16(23)21-11-5-6-12(21)10-13(9-11)22-18-7-8-19-22/h1-4,7-8,11-13H,5-6,9-10H2,(H,20,23). The Labute approximate surface area is 133 Å². The zero-order chi connectivity index (χ0) is 15.8. The van der Waals surface area contributed by atoms with Crippen molar-refractivity contribution < 1.29 is 9.18 Å². The molecular formula is C16H18FN5O. The fraction of sp³-hybridized carbons (Fsp3) is 0.438. The van der Waals surface area contributed by atoms with Gasteiger partial charge in [-0.15, -0.1) is 0 Å². The molecule has 1 aromatic heterocycles. The summed E-state index contributed by atoms with van der Waals surface area (Å²) in [5.41, 5.74) is 0.229. The molecule has 0 aliphatic carbocycles. The lowest BCUT2D eigenvalue weighted by molar-refractivity contribution is 0.124. The van der Waals surface area contributed by atoms with Gasteiger partial charge in [0.15, 0.2) is 0 Å². The van der Waals surface area contributed by atoms with Gasteiger partial charge in [-0.1, -0.05) is 12.1 Å². The van der Waals surface area contributed by atoms with E-state index in [4.69, 9.17) is 0 Å². The number of nitrogens with zero attached hydrogens (tertiary/aromatic N) is 4. The van der Waals surface area contributed by atoms with Crippen LogP contribution in [0.1, 0.15) is 31.7 Å². The van der Waals surface area contributed by atoms with Crippen molar-refractivity contribution in [3.63, 3.8) is 0 Å². The van der Waals surface area contributed by atoms with Crippen LogP contribution in [-0.4, -0.2) is 38.0 Å². The van der Waals surface area contributed by atoms with Crippen molar-refractivity contribution in [2.45, 2.75) is 43.8 Å². The predicted octanol–water partition coefficient (Wildman–Crippen LogP) is 2.82. The summed E-state index contributed by atoms with van der Waals surface area (Å²) in [4.78, 5) is 16.2. The smallest absolute Gasteiger partial charge is 0.318 e. The summed E-state index contributed by atoms with van der Waals surface area (Å²) < 4.78 is 13.7. The number of nitrogens with one attached hydrogen (secondary N) is 1. The van der Waals surface area contributed by atoms with Crippen LogP contribution in [0, 0.1) is 5.82 Å². The number of fused-ring (bicyclic) bond motifs is 2. The van der Waals surface area contributed by atoms with E-state index in [2.05, 4.69) is 15.5 Å². The number of halogens is 1. The van der Waals surface area contributed by atoms with Gasteiger partial charge in [0.25, 0.3) is 0 Å². The van der Waals surface area contributed by atoms with Gasteiger partial charge in [0.2, 0.25) is 0 Å². The molecule has 0 spiro atoms. The van der Waals surface area contributed by atoms with Crippen LogP contribution in [0.25, 0.3) is 0 Å². The van der Waals surface area contributed by atoms with E-state index in [0.29, 0.717) is 0 Å². The molecule has 3 heterocycles. The third-order valence-electron chi connectivity index (χ3n) is 4.82. The second-order valence-corrected chi connectivity index (χ2v) is 6.18. The number of aromatic nitrogens is 3. The van der Waals surface area contributed by atoms with Gasteiger partial charge in [0.1, 0.15) is 5.82 Å². The van der Waals surface area contributed by atoms with E-state index >= 15 is 0 Å². The molecule has 120 valence electrons.